The molecule has 1 unspecified atom stereocenters. The Balaban J connectivity index is 1.28. The molecule has 2 aromatic heterocycles. The number of rotatable bonds is 6. The summed E-state index contributed by atoms with van der Waals surface area (Å²) < 4.78 is 24.8. The van der Waals surface area contributed by atoms with Crippen LogP contribution in [-0.4, -0.2) is 58.1 Å². The summed E-state index contributed by atoms with van der Waals surface area (Å²) in [5.41, 5.74) is 0. The molecular formula is C20H20BrFN4O3S. The number of amides is 1. The highest BCUT2D eigenvalue weighted by Gasteiger charge is 2.27. The van der Waals surface area contributed by atoms with Crippen LogP contribution in [0.5, 0.6) is 5.75 Å². The first kappa shape index (κ1) is 21.0. The monoisotopic (exact) mass is 494 g/mol. The summed E-state index contributed by atoms with van der Waals surface area (Å²) in [4.78, 5) is 22.1. The van der Waals surface area contributed by atoms with Gasteiger partial charge in [0.05, 0.1) is 15.9 Å². The molecule has 1 fully saturated rings. The van der Waals surface area contributed by atoms with E-state index in [-0.39, 0.29) is 11.7 Å². The third kappa shape index (κ3) is 4.88. The van der Waals surface area contributed by atoms with Crippen molar-refractivity contribution in [1.82, 2.24) is 19.9 Å². The van der Waals surface area contributed by atoms with Crippen LogP contribution in [-0.2, 0) is 11.3 Å². The zero-order valence-corrected chi connectivity index (χ0v) is 18.7. The van der Waals surface area contributed by atoms with Gasteiger partial charge in [0.25, 0.3) is 5.91 Å². The van der Waals surface area contributed by atoms with E-state index in [1.165, 1.54) is 18.2 Å². The van der Waals surface area contributed by atoms with Gasteiger partial charge in [0, 0.05) is 26.2 Å². The maximum Gasteiger partial charge on any atom is 0.263 e. The molecule has 30 heavy (non-hydrogen) atoms. The highest BCUT2D eigenvalue weighted by atomic mass is 79.9. The number of hydrogen-bond donors (Lipinski definition) is 0. The third-order valence-electron chi connectivity index (χ3n) is 4.80. The molecule has 0 bridgehead atoms. The second-order valence-corrected chi connectivity index (χ2v) is 8.73. The van der Waals surface area contributed by atoms with E-state index in [9.17, 15) is 9.18 Å². The molecule has 3 heterocycles. The molecule has 10 heteroatoms. The van der Waals surface area contributed by atoms with Gasteiger partial charge in [-0.1, -0.05) is 11.2 Å². The Bertz CT molecular complexity index is 1010. The van der Waals surface area contributed by atoms with Crippen molar-refractivity contribution in [3.63, 3.8) is 0 Å². The molecule has 4 rings (SSSR count). The maximum absolute atomic E-state index is 13.2. The fourth-order valence-corrected chi connectivity index (χ4v) is 4.30. The van der Waals surface area contributed by atoms with Gasteiger partial charge in [-0.25, -0.2) is 4.39 Å². The van der Waals surface area contributed by atoms with E-state index in [4.69, 9.17) is 9.26 Å². The second-order valence-electron chi connectivity index (χ2n) is 6.93. The average molecular weight is 495 g/mol. The fourth-order valence-electron chi connectivity index (χ4n) is 3.21. The highest BCUT2D eigenvalue weighted by molar-refractivity contribution is 9.10. The van der Waals surface area contributed by atoms with Gasteiger partial charge < -0.3 is 14.2 Å². The predicted molar refractivity (Wildman–Crippen MR) is 114 cm³/mol. The van der Waals surface area contributed by atoms with Gasteiger partial charge in [-0.15, -0.1) is 11.3 Å². The van der Waals surface area contributed by atoms with Crippen LogP contribution < -0.4 is 4.74 Å². The number of benzene rings is 1. The molecule has 1 aromatic carbocycles. The largest absolute Gasteiger partial charge is 0.480 e. The molecule has 0 spiro atoms. The molecule has 0 aliphatic carbocycles. The molecule has 1 atom stereocenters. The van der Waals surface area contributed by atoms with E-state index in [0.717, 1.165) is 4.88 Å². The molecule has 7 nitrogen and oxygen atoms in total. The second kappa shape index (κ2) is 9.23. The smallest absolute Gasteiger partial charge is 0.263 e. The Morgan fingerprint density at radius 1 is 1.33 bits per heavy atom. The molecular weight excluding hydrogens is 475 g/mol. The molecule has 1 amide bonds. The van der Waals surface area contributed by atoms with Gasteiger partial charge in [0.2, 0.25) is 11.7 Å². The van der Waals surface area contributed by atoms with Crippen molar-refractivity contribution >= 4 is 33.2 Å². The number of carbonyl (C=O) groups excluding carboxylic acids is 1. The lowest BCUT2D eigenvalue weighted by Crippen LogP contribution is -2.51. The van der Waals surface area contributed by atoms with Crippen LogP contribution >= 0.6 is 27.3 Å². The Labute approximate surface area is 185 Å². The van der Waals surface area contributed by atoms with Gasteiger partial charge in [-0.05, 0) is 52.5 Å². The Morgan fingerprint density at radius 3 is 2.83 bits per heavy atom. The zero-order valence-electron chi connectivity index (χ0n) is 16.3. The number of piperazine rings is 1. The normalized spacial score (nSPS) is 15.9. The van der Waals surface area contributed by atoms with Crippen molar-refractivity contribution in [3.05, 3.63) is 51.9 Å². The lowest BCUT2D eigenvalue weighted by Gasteiger charge is -2.35. The van der Waals surface area contributed by atoms with E-state index in [1.54, 1.807) is 23.2 Å². The number of ether oxygens (including phenoxy) is 1. The van der Waals surface area contributed by atoms with Crippen molar-refractivity contribution < 1.29 is 18.4 Å². The molecule has 1 aliphatic heterocycles. The lowest BCUT2D eigenvalue weighted by molar-refractivity contribution is -0.139. The van der Waals surface area contributed by atoms with Crippen molar-refractivity contribution in [2.45, 2.75) is 19.6 Å². The van der Waals surface area contributed by atoms with Crippen LogP contribution in [0.3, 0.4) is 0 Å². The summed E-state index contributed by atoms with van der Waals surface area (Å²) in [7, 11) is 0. The summed E-state index contributed by atoms with van der Waals surface area (Å²) in [6.07, 6.45) is -0.664. The summed E-state index contributed by atoms with van der Waals surface area (Å²) in [5, 5.41) is 6.01. The van der Waals surface area contributed by atoms with Gasteiger partial charge in [0.15, 0.2) is 6.10 Å². The Hall–Kier alpha value is -2.30. The highest BCUT2D eigenvalue weighted by Crippen LogP contribution is 2.27. The van der Waals surface area contributed by atoms with E-state index < -0.39 is 6.10 Å². The van der Waals surface area contributed by atoms with Crippen molar-refractivity contribution in [2.24, 2.45) is 0 Å². The minimum atomic E-state index is -0.664. The van der Waals surface area contributed by atoms with Crippen LogP contribution in [0.25, 0.3) is 10.7 Å². The molecule has 1 saturated heterocycles. The van der Waals surface area contributed by atoms with E-state index in [2.05, 4.69) is 31.0 Å². The zero-order chi connectivity index (χ0) is 21.1. The van der Waals surface area contributed by atoms with E-state index in [1.807, 2.05) is 17.5 Å². The van der Waals surface area contributed by atoms with Gasteiger partial charge >= 0.3 is 0 Å². The molecule has 1 aliphatic rings. The molecule has 0 saturated carbocycles. The maximum atomic E-state index is 13.2. The third-order valence-corrected chi connectivity index (χ3v) is 6.28. The average Bonchev–Trinajstić information content (AvgIpc) is 3.42. The quantitative estimate of drug-likeness (QED) is 0.518. The number of halogens is 2. The number of carbonyl (C=O) groups is 1. The SMILES string of the molecule is CC(Oc1ccc(F)cc1Br)C(=O)N1CCN(Cc2nc(-c3cccs3)no2)CC1. The first-order valence-corrected chi connectivity index (χ1v) is 11.2. The molecule has 0 radical (unpaired) electrons. The first-order chi connectivity index (χ1) is 14.5. The van der Waals surface area contributed by atoms with Gasteiger partial charge in [0.1, 0.15) is 11.6 Å². The van der Waals surface area contributed by atoms with Crippen molar-refractivity contribution in [2.75, 3.05) is 26.2 Å². The number of hydrogen-bond acceptors (Lipinski definition) is 7. The van der Waals surface area contributed by atoms with Crippen molar-refractivity contribution in [1.29, 1.82) is 0 Å². The minimum absolute atomic E-state index is 0.0938. The molecule has 158 valence electrons. The fraction of sp³-hybridized carbons (Fsp3) is 0.350. The van der Waals surface area contributed by atoms with Crippen LogP contribution in [0.2, 0.25) is 0 Å². The topological polar surface area (TPSA) is 71.7 Å². The number of aromatic nitrogens is 2. The Kier molecular flexibility index (Phi) is 6.45. The summed E-state index contributed by atoms with van der Waals surface area (Å²) in [5.74, 6) is 1.15. The summed E-state index contributed by atoms with van der Waals surface area (Å²) in [6, 6.07) is 8.03. The van der Waals surface area contributed by atoms with Crippen LogP contribution in [0.4, 0.5) is 4.39 Å². The first-order valence-electron chi connectivity index (χ1n) is 9.49. The minimum Gasteiger partial charge on any atom is -0.480 e. The molecule has 0 N–H and O–H groups in total. The van der Waals surface area contributed by atoms with Crippen molar-refractivity contribution in [3.8, 4) is 16.5 Å². The van der Waals surface area contributed by atoms with Crippen LogP contribution in [0.1, 0.15) is 12.8 Å². The van der Waals surface area contributed by atoms with E-state index >= 15 is 0 Å². The number of nitrogens with zero attached hydrogens (tertiary/aromatic N) is 4. The Morgan fingerprint density at radius 2 is 2.13 bits per heavy atom. The standard InChI is InChI=1S/C20H20BrFN4O3S/c1-13(28-16-5-4-14(22)11-15(16)21)20(27)26-8-6-25(7-9-26)12-18-23-19(24-29-18)17-3-2-10-30-17/h2-5,10-11,13H,6-9,12H2,1H3. The van der Waals surface area contributed by atoms with Gasteiger partial charge in [-0.2, -0.15) is 4.98 Å². The number of thiophene rings is 1. The van der Waals surface area contributed by atoms with Crippen LogP contribution in [0.15, 0.2) is 44.7 Å². The molecule has 3 aromatic rings. The van der Waals surface area contributed by atoms with E-state index in [0.29, 0.717) is 54.7 Å². The summed E-state index contributed by atoms with van der Waals surface area (Å²) in [6.45, 7) is 4.83. The summed E-state index contributed by atoms with van der Waals surface area (Å²) >= 11 is 4.83. The van der Waals surface area contributed by atoms with Crippen LogP contribution in [0, 0.1) is 5.82 Å². The van der Waals surface area contributed by atoms with Gasteiger partial charge in [-0.3, -0.25) is 9.69 Å². The predicted octanol–water partition coefficient (Wildman–Crippen LogP) is 3.81. The lowest BCUT2D eigenvalue weighted by atomic mass is 10.2.